The van der Waals surface area contributed by atoms with Gasteiger partial charge >= 0.3 is 6.03 Å². The summed E-state index contributed by atoms with van der Waals surface area (Å²) in [5.41, 5.74) is 9.35. The molecule has 0 saturated heterocycles. The van der Waals surface area contributed by atoms with Gasteiger partial charge in [0.2, 0.25) is 0 Å². The van der Waals surface area contributed by atoms with Crippen molar-refractivity contribution < 1.29 is 4.79 Å². The molecule has 1 fully saturated rings. The van der Waals surface area contributed by atoms with E-state index in [-0.39, 0.29) is 0 Å². The number of hydrogen-bond acceptors (Lipinski definition) is 2. The summed E-state index contributed by atoms with van der Waals surface area (Å²) in [7, 11) is 0. The number of urea groups is 1. The third-order valence-electron chi connectivity index (χ3n) is 2.37. The first kappa shape index (κ1) is 9.71. The van der Waals surface area contributed by atoms with Crippen LogP contribution in [0.5, 0.6) is 0 Å². The van der Waals surface area contributed by atoms with Crippen molar-refractivity contribution in [2.45, 2.75) is 18.8 Å². The maximum Gasteiger partial charge on any atom is 0.332 e. The first-order valence-corrected chi connectivity index (χ1v) is 4.94. The largest absolute Gasteiger partial charge is 0.350 e. The highest BCUT2D eigenvalue weighted by Crippen LogP contribution is 2.39. The molecule has 0 spiro atoms. The molecule has 0 unspecified atom stereocenters. The molecule has 3 N–H and O–H groups in total. The Kier molecular flexibility index (Phi) is 2.67. The molecule has 0 radical (unpaired) electrons. The molecular formula is C11H13N3O. The lowest BCUT2D eigenvalue weighted by molar-refractivity contribution is 0.249. The van der Waals surface area contributed by atoms with E-state index in [2.05, 4.69) is 22.7 Å². The van der Waals surface area contributed by atoms with Crippen LogP contribution in [0.25, 0.3) is 0 Å². The Morgan fingerprint density at radius 1 is 1.40 bits per heavy atom. The lowest BCUT2D eigenvalue weighted by Crippen LogP contribution is -2.24. The molecule has 0 aromatic heterocycles. The number of nitrogens with two attached hydrogens (primary N) is 1. The Bertz CT molecular complexity index is 379. The van der Waals surface area contributed by atoms with Crippen LogP contribution in [0.2, 0.25) is 0 Å². The minimum absolute atomic E-state index is 0.652. The number of benzene rings is 1. The molecule has 2 rings (SSSR count). The fourth-order valence-corrected chi connectivity index (χ4v) is 1.44. The van der Waals surface area contributed by atoms with Gasteiger partial charge in [-0.15, -0.1) is 0 Å². The second-order valence-corrected chi connectivity index (χ2v) is 3.68. The second kappa shape index (κ2) is 4.13. The molecule has 1 saturated carbocycles. The number of amides is 2. The minimum Gasteiger partial charge on any atom is -0.350 e. The molecule has 2 amide bonds. The Morgan fingerprint density at radius 3 is 2.60 bits per heavy atom. The van der Waals surface area contributed by atoms with Crippen LogP contribution < -0.4 is 11.2 Å². The zero-order valence-corrected chi connectivity index (χ0v) is 8.31. The summed E-state index contributed by atoms with van der Waals surface area (Å²) in [5, 5.41) is 3.68. The molecule has 1 aromatic rings. The molecule has 0 bridgehead atoms. The lowest BCUT2D eigenvalue weighted by atomic mass is 10.1. The zero-order valence-electron chi connectivity index (χ0n) is 8.31. The topological polar surface area (TPSA) is 67.5 Å². The second-order valence-electron chi connectivity index (χ2n) is 3.68. The van der Waals surface area contributed by atoms with Gasteiger partial charge < -0.3 is 5.73 Å². The summed E-state index contributed by atoms with van der Waals surface area (Å²) in [4.78, 5) is 10.3. The van der Waals surface area contributed by atoms with Gasteiger partial charge in [0.25, 0.3) is 0 Å². The quantitative estimate of drug-likeness (QED) is 0.568. The fourth-order valence-electron chi connectivity index (χ4n) is 1.44. The summed E-state index contributed by atoms with van der Waals surface area (Å²) < 4.78 is 0. The molecule has 0 aliphatic heterocycles. The molecule has 1 aromatic carbocycles. The molecule has 15 heavy (non-hydrogen) atoms. The highest BCUT2D eigenvalue weighted by Gasteiger charge is 2.22. The molecule has 1 aliphatic rings. The summed E-state index contributed by atoms with van der Waals surface area (Å²) in [5.74, 6) is 0.764. The number of carbonyl (C=O) groups excluding carboxylic acids is 1. The van der Waals surface area contributed by atoms with Crippen LogP contribution in [0.1, 0.15) is 29.9 Å². The van der Waals surface area contributed by atoms with Crippen molar-refractivity contribution in [1.82, 2.24) is 5.43 Å². The third-order valence-corrected chi connectivity index (χ3v) is 2.37. The summed E-state index contributed by atoms with van der Waals surface area (Å²) in [6.45, 7) is 0. The van der Waals surface area contributed by atoms with Crippen LogP contribution in [0.3, 0.4) is 0 Å². The summed E-state index contributed by atoms with van der Waals surface area (Å²) in [6.07, 6.45) is 4.18. The van der Waals surface area contributed by atoms with E-state index in [4.69, 9.17) is 5.73 Å². The number of carbonyl (C=O) groups is 1. The number of hydrogen-bond donors (Lipinski definition) is 2. The predicted molar refractivity (Wildman–Crippen MR) is 58.7 cm³/mol. The lowest BCUT2D eigenvalue weighted by Gasteiger charge is -1.98. The van der Waals surface area contributed by atoms with Crippen LogP contribution in [0, 0.1) is 0 Å². The maximum absolute atomic E-state index is 10.3. The van der Waals surface area contributed by atoms with Crippen molar-refractivity contribution in [2.24, 2.45) is 10.8 Å². The van der Waals surface area contributed by atoms with Crippen molar-refractivity contribution in [1.29, 1.82) is 0 Å². The van der Waals surface area contributed by atoms with Gasteiger partial charge in [0, 0.05) is 0 Å². The van der Waals surface area contributed by atoms with E-state index in [1.54, 1.807) is 6.21 Å². The van der Waals surface area contributed by atoms with Crippen molar-refractivity contribution in [3.8, 4) is 0 Å². The summed E-state index contributed by atoms with van der Waals surface area (Å²) >= 11 is 0. The van der Waals surface area contributed by atoms with Crippen molar-refractivity contribution >= 4 is 12.2 Å². The zero-order chi connectivity index (χ0) is 10.7. The van der Waals surface area contributed by atoms with Crippen LogP contribution in [0.4, 0.5) is 4.79 Å². The average Bonchev–Trinajstić information content (AvgIpc) is 3.02. The van der Waals surface area contributed by atoms with Crippen molar-refractivity contribution in [3.05, 3.63) is 35.4 Å². The highest BCUT2D eigenvalue weighted by molar-refractivity contribution is 5.81. The summed E-state index contributed by atoms with van der Waals surface area (Å²) in [6, 6.07) is 7.52. The van der Waals surface area contributed by atoms with Crippen LogP contribution in [-0.4, -0.2) is 12.2 Å². The number of hydrazone groups is 1. The van der Waals surface area contributed by atoms with Gasteiger partial charge in [-0.2, -0.15) is 5.10 Å². The molecule has 0 atom stereocenters. The Labute approximate surface area is 88.2 Å². The first-order valence-electron chi connectivity index (χ1n) is 4.94. The average molecular weight is 203 g/mol. The molecule has 1 aliphatic carbocycles. The van der Waals surface area contributed by atoms with Gasteiger partial charge in [0.1, 0.15) is 0 Å². The van der Waals surface area contributed by atoms with E-state index < -0.39 is 6.03 Å². The maximum atomic E-state index is 10.3. The molecule has 0 heterocycles. The first-order chi connectivity index (χ1) is 7.25. The monoisotopic (exact) mass is 203 g/mol. The van der Waals surface area contributed by atoms with Crippen LogP contribution in [-0.2, 0) is 0 Å². The Balaban J connectivity index is 1.97. The normalized spacial score (nSPS) is 15.5. The van der Waals surface area contributed by atoms with E-state index in [1.165, 1.54) is 18.4 Å². The highest BCUT2D eigenvalue weighted by atomic mass is 16.2. The number of primary amides is 1. The van der Waals surface area contributed by atoms with Gasteiger partial charge in [0.15, 0.2) is 0 Å². The number of rotatable bonds is 3. The SMILES string of the molecule is NC(=O)NN=Cc1ccc(C2CC2)cc1. The van der Waals surface area contributed by atoms with Crippen LogP contribution >= 0.6 is 0 Å². The van der Waals surface area contributed by atoms with Gasteiger partial charge in [0.05, 0.1) is 6.21 Å². The number of nitrogens with zero attached hydrogens (tertiary/aromatic N) is 1. The smallest absolute Gasteiger partial charge is 0.332 e. The molecule has 78 valence electrons. The van der Waals surface area contributed by atoms with E-state index in [9.17, 15) is 4.79 Å². The Hall–Kier alpha value is -1.84. The molecule has 4 nitrogen and oxygen atoms in total. The van der Waals surface area contributed by atoms with Gasteiger partial charge in [-0.1, -0.05) is 24.3 Å². The predicted octanol–water partition coefficient (Wildman–Crippen LogP) is 1.57. The minimum atomic E-state index is -0.652. The van der Waals surface area contributed by atoms with Crippen LogP contribution in [0.15, 0.2) is 29.4 Å². The van der Waals surface area contributed by atoms with Crippen molar-refractivity contribution in [2.75, 3.05) is 0 Å². The van der Waals surface area contributed by atoms with E-state index in [0.717, 1.165) is 11.5 Å². The standard InChI is InChI=1S/C11H13N3O/c12-11(15)14-13-7-8-1-3-9(4-2-8)10-5-6-10/h1-4,7,10H,5-6H2,(H3,12,14,15). The third kappa shape index (κ3) is 2.80. The Morgan fingerprint density at radius 2 is 2.07 bits per heavy atom. The van der Waals surface area contributed by atoms with Gasteiger partial charge in [-0.25, -0.2) is 10.2 Å². The number of nitrogens with one attached hydrogen (secondary N) is 1. The molecular weight excluding hydrogens is 190 g/mol. The van der Waals surface area contributed by atoms with E-state index in [0.29, 0.717) is 0 Å². The van der Waals surface area contributed by atoms with Gasteiger partial charge in [-0.3, -0.25) is 0 Å². The van der Waals surface area contributed by atoms with Gasteiger partial charge in [-0.05, 0) is 29.9 Å². The fraction of sp³-hybridized carbons (Fsp3) is 0.273. The van der Waals surface area contributed by atoms with E-state index >= 15 is 0 Å². The van der Waals surface area contributed by atoms with Crippen molar-refractivity contribution in [3.63, 3.8) is 0 Å². The van der Waals surface area contributed by atoms with E-state index in [1.807, 2.05) is 12.1 Å². The molecule has 4 heteroatoms.